The van der Waals surface area contributed by atoms with Crippen molar-refractivity contribution < 1.29 is 22.5 Å². The van der Waals surface area contributed by atoms with Crippen LogP contribution in [0.3, 0.4) is 0 Å². The van der Waals surface area contributed by atoms with Crippen LogP contribution in [0.25, 0.3) is 10.9 Å². The van der Waals surface area contributed by atoms with Gasteiger partial charge in [0.25, 0.3) is 17.4 Å². The van der Waals surface area contributed by atoms with Gasteiger partial charge in [0.1, 0.15) is 11.2 Å². The molecule has 3 aromatic rings. The minimum Gasteiger partial charge on any atom is -0.355 e. The fraction of sp³-hybridized carbons (Fsp3) is 0.409. The third-order valence-corrected chi connectivity index (χ3v) is 6.07. The number of nitrogens with one attached hydrogen (secondary N) is 3. The van der Waals surface area contributed by atoms with Gasteiger partial charge in [-0.05, 0) is 18.9 Å². The lowest BCUT2D eigenvalue weighted by atomic mass is 10.2. The van der Waals surface area contributed by atoms with Gasteiger partial charge in [0, 0.05) is 61.4 Å². The van der Waals surface area contributed by atoms with E-state index in [0.29, 0.717) is 5.52 Å². The summed E-state index contributed by atoms with van der Waals surface area (Å²) in [5, 5.41) is 11.8. The normalized spacial score (nSPS) is 20.2. The molecule has 2 aliphatic carbocycles. The van der Waals surface area contributed by atoms with Gasteiger partial charge in [0.2, 0.25) is 5.91 Å². The second-order valence-corrected chi connectivity index (χ2v) is 8.63. The lowest BCUT2D eigenvalue weighted by Gasteiger charge is -2.12. The number of carbonyl (C=O) groups is 2. The van der Waals surface area contributed by atoms with Crippen molar-refractivity contribution in [2.24, 2.45) is 18.9 Å². The van der Waals surface area contributed by atoms with Gasteiger partial charge in [0.15, 0.2) is 5.82 Å². The molecule has 0 bridgehead atoms. The summed E-state index contributed by atoms with van der Waals surface area (Å²) in [6.07, 6.45) is 3.76. The van der Waals surface area contributed by atoms with Gasteiger partial charge in [-0.3, -0.25) is 19.1 Å². The van der Waals surface area contributed by atoms with E-state index in [0.717, 1.165) is 19.0 Å². The molecule has 1 atom stereocenters. The fourth-order valence-corrected chi connectivity index (χ4v) is 3.82. The van der Waals surface area contributed by atoms with Gasteiger partial charge < -0.3 is 20.5 Å². The zero-order valence-electron chi connectivity index (χ0n) is 21.1. The highest BCUT2D eigenvalue weighted by atomic mass is 19.3. The second kappa shape index (κ2) is 7.89. The molecule has 2 aliphatic rings. The van der Waals surface area contributed by atoms with E-state index in [9.17, 15) is 23.2 Å². The number of fused-ring (bicyclic) bond motifs is 1. The number of pyridine rings is 2. The van der Waals surface area contributed by atoms with Gasteiger partial charge in [-0.25, -0.2) is 13.8 Å². The molecule has 0 aliphatic heterocycles. The molecule has 2 amide bonds. The summed E-state index contributed by atoms with van der Waals surface area (Å²) in [7, 11) is 1.59. The summed E-state index contributed by atoms with van der Waals surface area (Å²) in [5.41, 5.74) is -0.281. The topological polar surface area (TPSA) is 123 Å². The summed E-state index contributed by atoms with van der Waals surface area (Å²) < 4.78 is 51.5. The molecule has 5 rings (SSSR count). The Bertz CT molecular complexity index is 1480. The Morgan fingerprint density at radius 1 is 1.35 bits per heavy atom. The monoisotopic (exact) mass is 474 g/mol. The van der Waals surface area contributed by atoms with Crippen molar-refractivity contribution in [2.45, 2.75) is 31.7 Å². The second-order valence-electron chi connectivity index (χ2n) is 8.63. The van der Waals surface area contributed by atoms with Gasteiger partial charge in [-0.1, -0.05) is 0 Å². The van der Waals surface area contributed by atoms with Crippen molar-refractivity contribution >= 4 is 40.0 Å². The highest BCUT2D eigenvalue weighted by molar-refractivity contribution is 6.02. The molecule has 2 saturated carbocycles. The largest absolute Gasteiger partial charge is 0.355 e. The Hall–Kier alpha value is -3.83. The van der Waals surface area contributed by atoms with Gasteiger partial charge in [-0.2, -0.15) is 5.10 Å². The van der Waals surface area contributed by atoms with Crippen LogP contribution in [-0.2, 0) is 18.4 Å². The standard InChI is InChI=1S/C22H23F2N7O3/c1-25-20(33)13-9-26-16(28-19(32)11-3-4-11)7-14(13)27-18-17-15(30(2)29-18)5-6-31(21(17)34)10-12-8-22(12,23)24/h5-7,9,11-12H,3-4,8,10H2,1-2H3,(H,25,33)(H2,26,27,28,29,32)/i1D3. The highest BCUT2D eigenvalue weighted by Crippen LogP contribution is 2.49. The molecule has 0 radical (unpaired) electrons. The van der Waals surface area contributed by atoms with Crippen molar-refractivity contribution in [3.8, 4) is 0 Å². The number of aryl methyl sites for hydroxylation is 1. The molecule has 3 aromatic heterocycles. The summed E-state index contributed by atoms with van der Waals surface area (Å²) >= 11 is 0. The fourth-order valence-electron chi connectivity index (χ4n) is 3.82. The summed E-state index contributed by atoms with van der Waals surface area (Å²) in [4.78, 5) is 42.2. The van der Waals surface area contributed by atoms with E-state index in [1.54, 1.807) is 13.1 Å². The van der Waals surface area contributed by atoms with Crippen LogP contribution in [0.5, 0.6) is 0 Å². The smallest absolute Gasteiger partial charge is 0.263 e. The van der Waals surface area contributed by atoms with Crippen molar-refractivity contribution in [1.29, 1.82) is 0 Å². The van der Waals surface area contributed by atoms with Crippen LogP contribution >= 0.6 is 0 Å². The predicted octanol–water partition coefficient (Wildman–Crippen LogP) is 2.24. The molecule has 3 heterocycles. The van der Waals surface area contributed by atoms with Crippen molar-refractivity contribution in [3.05, 3.63) is 40.4 Å². The first kappa shape index (κ1) is 18.6. The zero-order chi connectivity index (χ0) is 26.7. The Kier molecular flexibility index (Phi) is 4.31. The van der Waals surface area contributed by atoms with E-state index in [1.807, 2.05) is 5.32 Å². The first-order valence-corrected chi connectivity index (χ1v) is 10.7. The summed E-state index contributed by atoms with van der Waals surface area (Å²) in [6, 6.07) is 2.91. The average molecular weight is 474 g/mol. The number of hydrogen-bond acceptors (Lipinski definition) is 6. The number of amides is 2. The van der Waals surface area contributed by atoms with E-state index in [2.05, 4.69) is 20.7 Å². The van der Waals surface area contributed by atoms with E-state index in [-0.39, 0.29) is 53.1 Å². The summed E-state index contributed by atoms with van der Waals surface area (Å²) in [5.74, 6) is -4.91. The zero-order valence-corrected chi connectivity index (χ0v) is 18.1. The van der Waals surface area contributed by atoms with Gasteiger partial charge in [-0.15, -0.1) is 0 Å². The number of anilines is 3. The van der Waals surface area contributed by atoms with Crippen LogP contribution in [0.4, 0.5) is 26.1 Å². The van der Waals surface area contributed by atoms with E-state index >= 15 is 0 Å². The lowest BCUT2D eigenvalue weighted by Crippen LogP contribution is -2.22. The maximum absolute atomic E-state index is 13.5. The van der Waals surface area contributed by atoms with Crippen molar-refractivity contribution in [2.75, 3.05) is 17.6 Å². The van der Waals surface area contributed by atoms with Crippen LogP contribution in [-0.4, -0.2) is 44.0 Å². The minimum atomic E-state index is -2.80. The number of nitrogens with zero attached hydrogens (tertiary/aromatic N) is 4. The van der Waals surface area contributed by atoms with Crippen LogP contribution in [0, 0.1) is 11.8 Å². The molecule has 2 fully saturated rings. The third-order valence-electron chi connectivity index (χ3n) is 6.07. The molecule has 3 N–H and O–H groups in total. The SMILES string of the molecule is [2H]C([2H])([2H])NC(=O)c1cnc(NC(=O)C2CC2)cc1Nc1nn(C)c2ccn(CC3CC3(F)F)c(=O)c12. The molecule has 0 spiro atoms. The van der Waals surface area contributed by atoms with Crippen molar-refractivity contribution in [1.82, 2.24) is 24.6 Å². The first-order valence-electron chi connectivity index (χ1n) is 12.2. The highest BCUT2D eigenvalue weighted by Gasteiger charge is 2.56. The molecule has 1 unspecified atom stereocenters. The van der Waals surface area contributed by atoms with Gasteiger partial charge >= 0.3 is 0 Å². The lowest BCUT2D eigenvalue weighted by molar-refractivity contribution is -0.117. The summed E-state index contributed by atoms with van der Waals surface area (Å²) in [6.45, 7) is -2.93. The molecule has 12 heteroatoms. The molecular weight excluding hydrogens is 448 g/mol. The van der Waals surface area contributed by atoms with Crippen LogP contribution in [0.1, 0.15) is 33.7 Å². The number of carbonyl (C=O) groups excluding carboxylic acids is 2. The molecule has 34 heavy (non-hydrogen) atoms. The Labute approximate surface area is 196 Å². The maximum Gasteiger partial charge on any atom is 0.263 e. The Balaban J connectivity index is 1.53. The molecule has 0 aromatic carbocycles. The van der Waals surface area contributed by atoms with E-state index in [1.165, 1.54) is 21.5 Å². The van der Waals surface area contributed by atoms with Crippen LogP contribution in [0.15, 0.2) is 29.3 Å². The number of halogens is 2. The average Bonchev–Trinajstić information content (AvgIpc) is 3.69. The van der Waals surface area contributed by atoms with Crippen LogP contribution in [0.2, 0.25) is 0 Å². The molecular formula is C22H23F2N7O3. The number of aromatic nitrogens is 4. The number of hydrogen-bond donors (Lipinski definition) is 3. The predicted molar refractivity (Wildman–Crippen MR) is 120 cm³/mol. The maximum atomic E-state index is 13.5. The number of rotatable bonds is 7. The van der Waals surface area contributed by atoms with E-state index in [4.69, 9.17) is 4.11 Å². The Morgan fingerprint density at radius 2 is 2.12 bits per heavy atom. The minimum absolute atomic E-state index is 0.0213. The molecule has 178 valence electrons. The molecule has 0 saturated heterocycles. The van der Waals surface area contributed by atoms with Crippen molar-refractivity contribution in [3.63, 3.8) is 0 Å². The molecule has 10 nitrogen and oxygen atoms in total. The van der Waals surface area contributed by atoms with Gasteiger partial charge in [0.05, 0.1) is 16.8 Å². The first-order chi connectivity index (χ1) is 17.3. The van der Waals surface area contributed by atoms with Crippen LogP contribution < -0.4 is 21.5 Å². The third kappa shape index (κ3) is 3.99. The number of alkyl halides is 2. The Morgan fingerprint density at radius 3 is 2.79 bits per heavy atom. The van der Waals surface area contributed by atoms with E-state index < -0.39 is 30.3 Å². The quantitative estimate of drug-likeness (QED) is 0.483.